The van der Waals surface area contributed by atoms with Crippen LogP contribution in [-0.4, -0.2) is 85.1 Å². The van der Waals surface area contributed by atoms with Gasteiger partial charge in [0.15, 0.2) is 6.23 Å². The first-order valence-electron chi connectivity index (χ1n) is 11.0. The molecule has 196 valence electrons. The largest absolute Gasteiger partial charge is 0.533 e. The number of ether oxygens (including phenoxy) is 2. The molecule has 34 heavy (non-hydrogen) atoms. The summed E-state index contributed by atoms with van der Waals surface area (Å²) in [5.74, 6) is -0.470. The normalized spacial score (nSPS) is 23.8. The molecule has 3 unspecified atom stereocenters. The van der Waals surface area contributed by atoms with Gasteiger partial charge in [0.2, 0.25) is 0 Å². The molecule has 0 aliphatic carbocycles. The molecular weight excluding hydrogens is 492 g/mol. The van der Waals surface area contributed by atoms with Gasteiger partial charge in [0.25, 0.3) is 5.91 Å². The number of rotatable bonds is 11. The highest BCUT2D eigenvalue weighted by atomic mass is 33.1. The van der Waals surface area contributed by atoms with Crippen molar-refractivity contribution in [3.8, 4) is 0 Å². The quantitative estimate of drug-likeness (QED) is 0.267. The number of hydroxylamine groups is 4. The molecular formula is C20H34N2O10S2. The van der Waals surface area contributed by atoms with Crippen LogP contribution in [0.4, 0.5) is 9.59 Å². The van der Waals surface area contributed by atoms with Gasteiger partial charge in [-0.15, -0.1) is 5.06 Å². The zero-order valence-electron chi connectivity index (χ0n) is 19.8. The van der Waals surface area contributed by atoms with E-state index >= 15 is 0 Å². The van der Waals surface area contributed by atoms with Gasteiger partial charge in [0.05, 0.1) is 13.2 Å². The minimum atomic E-state index is -1.14. The second-order valence-corrected chi connectivity index (χ2v) is 12.7. The lowest BCUT2D eigenvalue weighted by Crippen LogP contribution is -2.38. The average Bonchev–Trinajstić information content (AvgIpc) is 3.22. The summed E-state index contributed by atoms with van der Waals surface area (Å²) in [5, 5.41) is 30.4. The lowest BCUT2D eigenvalue weighted by atomic mass is 10.1. The van der Waals surface area contributed by atoms with Crippen LogP contribution in [-0.2, 0) is 23.9 Å². The summed E-state index contributed by atoms with van der Waals surface area (Å²) in [4.78, 5) is 44.7. The predicted molar refractivity (Wildman–Crippen MR) is 123 cm³/mol. The highest BCUT2D eigenvalue weighted by Gasteiger charge is 2.35. The molecule has 0 bridgehead atoms. The van der Waals surface area contributed by atoms with E-state index in [0.717, 1.165) is 5.06 Å². The van der Waals surface area contributed by atoms with Gasteiger partial charge in [-0.3, -0.25) is 4.79 Å². The number of aliphatic hydroxyl groups is 3. The van der Waals surface area contributed by atoms with Gasteiger partial charge in [-0.05, 0) is 53.4 Å². The van der Waals surface area contributed by atoms with Crippen molar-refractivity contribution in [2.24, 2.45) is 0 Å². The van der Waals surface area contributed by atoms with Crippen LogP contribution in [0.3, 0.4) is 0 Å². The fraction of sp³-hybridized carbons (Fsp3) is 0.850. The van der Waals surface area contributed by atoms with Crippen LogP contribution < -0.4 is 0 Å². The van der Waals surface area contributed by atoms with E-state index in [4.69, 9.17) is 19.1 Å². The van der Waals surface area contributed by atoms with E-state index in [1.165, 1.54) is 0 Å². The molecule has 2 fully saturated rings. The number of hydrogen-bond acceptors (Lipinski definition) is 13. The summed E-state index contributed by atoms with van der Waals surface area (Å²) in [5.41, 5.74) is 0. The number of carbonyl (C=O) groups is 3. The summed E-state index contributed by atoms with van der Waals surface area (Å²) in [7, 11) is 3.18. The Morgan fingerprint density at radius 3 is 1.76 bits per heavy atom. The number of carbonyl (C=O) groups excluding carboxylic acids is 3. The standard InChI is InChI=1S/C20H34N2O10S2/c1-19(2,9-11-29-17(27)31-21-13(23)5-6-14(21)24)33-34-20(3,4)10-12-30-18(28)32-22-15(25)7-8-16(22)26/h13-15,23-25H,5-12H2,1-4H3. The van der Waals surface area contributed by atoms with Crippen LogP contribution in [0.1, 0.15) is 66.2 Å². The minimum Gasteiger partial charge on any atom is -0.433 e. The van der Waals surface area contributed by atoms with Crippen molar-refractivity contribution in [1.29, 1.82) is 0 Å². The minimum absolute atomic E-state index is 0.0705. The maximum absolute atomic E-state index is 11.8. The molecule has 0 spiro atoms. The van der Waals surface area contributed by atoms with Gasteiger partial charge in [-0.1, -0.05) is 26.7 Å². The topological polar surface area (TPSA) is 155 Å². The van der Waals surface area contributed by atoms with Crippen molar-refractivity contribution < 1.29 is 48.9 Å². The lowest BCUT2D eigenvalue weighted by Gasteiger charge is -2.29. The fourth-order valence-electron chi connectivity index (χ4n) is 2.92. The Morgan fingerprint density at radius 1 is 0.853 bits per heavy atom. The number of aliphatic hydroxyl groups excluding tert-OH is 3. The van der Waals surface area contributed by atoms with Gasteiger partial charge >= 0.3 is 12.3 Å². The van der Waals surface area contributed by atoms with Crippen LogP contribution in [0.15, 0.2) is 0 Å². The third-order valence-electron chi connectivity index (χ3n) is 5.10. The van der Waals surface area contributed by atoms with Crippen molar-refractivity contribution in [3.63, 3.8) is 0 Å². The summed E-state index contributed by atoms with van der Waals surface area (Å²) < 4.78 is 9.56. The molecule has 0 aromatic heterocycles. The summed E-state index contributed by atoms with van der Waals surface area (Å²) in [6.45, 7) is 8.13. The molecule has 2 aliphatic heterocycles. The fourth-order valence-corrected chi connectivity index (χ4v) is 5.56. The predicted octanol–water partition coefficient (Wildman–Crippen LogP) is 2.52. The molecule has 0 saturated carbocycles. The van der Waals surface area contributed by atoms with E-state index in [1.807, 2.05) is 27.7 Å². The van der Waals surface area contributed by atoms with E-state index in [0.29, 0.717) is 30.7 Å². The van der Waals surface area contributed by atoms with E-state index in [1.54, 1.807) is 21.6 Å². The Kier molecular flexibility index (Phi) is 10.6. The highest BCUT2D eigenvalue weighted by molar-refractivity contribution is 8.77. The van der Waals surface area contributed by atoms with Gasteiger partial charge in [0.1, 0.15) is 12.5 Å². The van der Waals surface area contributed by atoms with E-state index in [-0.39, 0.29) is 35.5 Å². The first-order valence-corrected chi connectivity index (χ1v) is 13.2. The summed E-state index contributed by atoms with van der Waals surface area (Å²) >= 11 is 0. The first-order chi connectivity index (χ1) is 15.8. The lowest BCUT2D eigenvalue weighted by molar-refractivity contribution is -0.247. The average molecular weight is 527 g/mol. The zero-order valence-corrected chi connectivity index (χ0v) is 21.4. The van der Waals surface area contributed by atoms with Crippen molar-refractivity contribution in [1.82, 2.24) is 10.1 Å². The zero-order chi connectivity index (χ0) is 25.5. The van der Waals surface area contributed by atoms with Crippen molar-refractivity contribution in [2.45, 2.75) is 94.4 Å². The van der Waals surface area contributed by atoms with Crippen molar-refractivity contribution >= 4 is 39.8 Å². The molecule has 0 aromatic rings. The van der Waals surface area contributed by atoms with Crippen LogP contribution in [0, 0.1) is 0 Å². The number of nitrogens with zero attached hydrogens (tertiary/aromatic N) is 2. The molecule has 3 atom stereocenters. The molecule has 0 radical (unpaired) electrons. The molecule has 2 heterocycles. The molecule has 14 heteroatoms. The monoisotopic (exact) mass is 526 g/mol. The van der Waals surface area contributed by atoms with E-state index in [9.17, 15) is 29.7 Å². The second kappa shape index (κ2) is 12.5. The van der Waals surface area contributed by atoms with E-state index < -0.39 is 36.9 Å². The van der Waals surface area contributed by atoms with Gasteiger partial charge < -0.3 is 34.5 Å². The van der Waals surface area contributed by atoms with E-state index in [2.05, 4.69) is 0 Å². The van der Waals surface area contributed by atoms with Crippen LogP contribution in [0.5, 0.6) is 0 Å². The van der Waals surface area contributed by atoms with Gasteiger partial charge in [-0.25, -0.2) is 9.59 Å². The van der Waals surface area contributed by atoms with Gasteiger partial charge in [0, 0.05) is 22.3 Å². The van der Waals surface area contributed by atoms with Crippen LogP contribution in [0.2, 0.25) is 0 Å². The Hall–Kier alpha value is -1.45. The first kappa shape index (κ1) is 28.8. The second-order valence-electron chi connectivity index (χ2n) is 9.20. The van der Waals surface area contributed by atoms with Gasteiger partial charge in [-0.2, -0.15) is 0 Å². The third-order valence-corrected chi connectivity index (χ3v) is 9.45. The molecule has 2 aliphatic rings. The number of hydrogen-bond donors (Lipinski definition) is 3. The summed E-state index contributed by atoms with van der Waals surface area (Å²) in [6, 6.07) is 0. The Bertz CT molecular complexity index is 713. The maximum atomic E-state index is 11.8. The molecule has 2 rings (SSSR count). The SMILES string of the molecule is CC(C)(CCOC(=O)ON1C(=O)CCC1O)SSC(C)(C)CCOC(=O)ON1C(O)CCC1O. The Morgan fingerprint density at radius 2 is 1.32 bits per heavy atom. The van der Waals surface area contributed by atoms with Crippen LogP contribution >= 0.6 is 21.6 Å². The van der Waals surface area contributed by atoms with Crippen molar-refractivity contribution in [3.05, 3.63) is 0 Å². The third kappa shape index (κ3) is 9.30. The summed E-state index contributed by atoms with van der Waals surface area (Å²) in [6.07, 6.45) is -3.30. The Labute approximate surface area is 206 Å². The number of amides is 1. The molecule has 3 N–H and O–H groups in total. The van der Waals surface area contributed by atoms with Crippen LogP contribution in [0.25, 0.3) is 0 Å². The molecule has 1 amide bonds. The molecule has 0 aromatic carbocycles. The van der Waals surface area contributed by atoms with Crippen molar-refractivity contribution in [2.75, 3.05) is 13.2 Å². The molecule has 2 saturated heterocycles. The highest BCUT2D eigenvalue weighted by Crippen LogP contribution is 2.46. The Balaban J connectivity index is 1.62. The maximum Gasteiger partial charge on any atom is 0.533 e. The molecule has 12 nitrogen and oxygen atoms in total. The smallest absolute Gasteiger partial charge is 0.433 e.